The third-order valence-corrected chi connectivity index (χ3v) is 0.700. The highest BCUT2D eigenvalue weighted by Gasteiger charge is 2.04. The summed E-state index contributed by atoms with van der Waals surface area (Å²) in [4.78, 5) is 20.2. The van der Waals surface area contributed by atoms with Crippen LogP contribution in [0.4, 0.5) is 0 Å². The zero-order valence-corrected chi connectivity index (χ0v) is 5.33. The van der Waals surface area contributed by atoms with Crippen LogP contribution in [0.2, 0.25) is 0 Å². The molecule has 56 valence electrons. The molecule has 0 aliphatic heterocycles. The zero-order chi connectivity index (χ0) is 8.15. The van der Waals surface area contributed by atoms with Crippen LogP contribution in [-0.4, -0.2) is 24.2 Å². The standard InChI is InChI=1S/C5H7NO4/c1-10-5(9)3(6)2-4(7)8/h2H,6H2,1H3,(H,7,8)/b3-2+. The van der Waals surface area contributed by atoms with Gasteiger partial charge in [-0.2, -0.15) is 0 Å². The average Bonchev–Trinajstić information content (AvgIpc) is 1.85. The predicted octanol–water partition coefficient (Wildman–Crippen LogP) is -0.913. The number of rotatable bonds is 2. The van der Waals surface area contributed by atoms with E-state index in [4.69, 9.17) is 10.8 Å². The van der Waals surface area contributed by atoms with Gasteiger partial charge >= 0.3 is 11.9 Å². The normalized spacial score (nSPS) is 10.7. The van der Waals surface area contributed by atoms with E-state index in [1.165, 1.54) is 0 Å². The summed E-state index contributed by atoms with van der Waals surface area (Å²) in [6.07, 6.45) is 0.575. The van der Waals surface area contributed by atoms with Gasteiger partial charge in [-0.05, 0) is 0 Å². The highest BCUT2D eigenvalue weighted by atomic mass is 16.5. The Morgan fingerprint density at radius 2 is 2.10 bits per heavy atom. The van der Waals surface area contributed by atoms with Crippen molar-refractivity contribution in [2.75, 3.05) is 7.11 Å². The Hall–Kier alpha value is -1.52. The van der Waals surface area contributed by atoms with Gasteiger partial charge in [-0.1, -0.05) is 0 Å². The van der Waals surface area contributed by atoms with Gasteiger partial charge in [-0.15, -0.1) is 0 Å². The summed E-state index contributed by atoms with van der Waals surface area (Å²) in [6, 6.07) is 0. The molecule has 5 nitrogen and oxygen atoms in total. The van der Waals surface area contributed by atoms with Crippen LogP contribution in [0.5, 0.6) is 0 Å². The summed E-state index contributed by atoms with van der Waals surface area (Å²) in [7, 11) is 1.12. The predicted molar refractivity (Wildman–Crippen MR) is 31.9 cm³/mol. The minimum absolute atomic E-state index is 0.421. The lowest BCUT2D eigenvalue weighted by Crippen LogP contribution is -2.14. The number of hydrogen-bond acceptors (Lipinski definition) is 4. The van der Waals surface area contributed by atoms with Gasteiger partial charge in [0.1, 0.15) is 5.70 Å². The topological polar surface area (TPSA) is 89.6 Å². The van der Waals surface area contributed by atoms with Crippen molar-refractivity contribution in [3.05, 3.63) is 11.8 Å². The molecule has 0 aromatic rings. The molecule has 0 bridgehead atoms. The molecule has 0 fully saturated rings. The number of ether oxygens (including phenoxy) is 1. The number of esters is 1. The molecule has 0 saturated carbocycles. The number of methoxy groups -OCH3 is 1. The van der Waals surface area contributed by atoms with E-state index in [2.05, 4.69) is 4.74 Å². The Labute approximate surface area is 57.1 Å². The van der Waals surface area contributed by atoms with Gasteiger partial charge in [0.15, 0.2) is 0 Å². The van der Waals surface area contributed by atoms with E-state index in [0.717, 1.165) is 7.11 Å². The van der Waals surface area contributed by atoms with Crippen molar-refractivity contribution in [1.29, 1.82) is 0 Å². The second kappa shape index (κ2) is 3.49. The largest absolute Gasteiger partial charge is 0.478 e. The third kappa shape index (κ3) is 2.71. The molecule has 0 aromatic heterocycles. The summed E-state index contributed by atoms with van der Waals surface area (Å²) in [5.41, 5.74) is 4.51. The number of aliphatic carboxylic acids is 1. The fourth-order valence-corrected chi connectivity index (χ4v) is 0.310. The highest BCUT2D eigenvalue weighted by molar-refractivity contribution is 5.94. The average molecular weight is 145 g/mol. The molecule has 0 rings (SSSR count). The van der Waals surface area contributed by atoms with Crippen molar-refractivity contribution < 1.29 is 19.4 Å². The fraction of sp³-hybridized carbons (Fsp3) is 0.200. The van der Waals surface area contributed by atoms with Crippen LogP contribution in [0.1, 0.15) is 0 Å². The van der Waals surface area contributed by atoms with Crippen molar-refractivity contribution in [1.82, 2.24) is 0 Å². The highest BCUT2D eigenvalue weighted by Crippen LogP contribution is 1.86. The first-order chi connectivity index (χ1) is 4.57. The zero-order valence-electron chi connectivity index (χ0n) is 5.33. The number of nitrogens with two attached hydrogens (primary N) is 1. The van der Waals surface area contributed by atoms with Gasteiger partial charge in [0.2, 0.25) is 0 Å². The smallest absolute Gasteiger partial charge is 0.354 e. The van der Waals surface area contributed by atoms with Crippen LogP contribution in [0.3, 0.4) is 0 Å². The molecule has 3 N–H and O–H groups in total. The van der Waals surface area contributed by atoms with Crippen LogP contribution in [-0.2, 0) is 14.3 Å². The van der Waals surface area contributed by atoms with Crippen LogP contribution in [0.25, 0.3) is 0 Å². The minimum Gasteiger partial charge on any atom is -0.478 e. The monoisotopic (exact) mass is 145 g/mol. The van der Waals surface area contributed by atoms with E-state index < -0.39 is 17.6 Å². The lowest BCUT2D eigenvalue weighted by atomic mass is 10.4. The molecule has 0 saturated heterocycles. The summed E-state index contributed by atoms with van der Waals surface area (Å²) in [5.74, 6) is -2.12. The van der Waals surface area contributed by atoms with Crippen LogP contribution in [0.15, 0.2) is 11.8 Å². The van der Waals surface area contributed by atoms with E-state index in [1.54, 1.807) is 0 Å². The minimum atomic E-state index is -1.28. The maximum Gasteiger partial charge on any atom is 0.354 e. The van der Waals surface area contributed by atoms with E-state index in [0.29, 0.717) is 6.08 Å². The molecule has 0 radical (unpaired) electrons. The molecule has 5 heteroatoms. The molecule has 0 heterocycles. The molecule has 0 aliphatic rings. The van der Waals surface area contributed by atoms with Gasteiger partial charge in [-0.25, -0.2) is 9.59 Å². The SMILES string of the molecule is COC(=O)/C(N)=C\C(=O)O. The van der Waals surface area contributed by atoms with E-state index in [-0.39, 0.29) is 0 Å². The first-order valence-corrected chi connectivity index (χ1v) is 2.36. The lowest BCUT2D eigenvalue weighted by molar-refractivity contribution is -0.137. The van der Waals surface area contributed by atoms with Gasteiger partial charge in [0.05, 0.1) is 13.2 Å². The lowest BCUT2D eigenvalue weighted by Gasteiger charge is -1.94. The molecule has 0 atom stereocenters. The third-order valence-electron chi connectivity index (χ3n) is 0.700. The Morgan fingerprint density at radius 1 is 1.60 bits per heavy atom. The van der Waals surface area contributed by atoms with Crippen molar-refractivity contribution in [3.63, 3.8) is 0 Å². The van der Waals surface area contributed by atoms with Gasteiger partial charge < -0.3 is 15.6 Å². The molecule has 0 spiro atoms. The molecule has 0 amide bonds. The van der Waals surface area contributed by atoms with Gasteiger partial charge in [0, 0.05) is 0 Å². The van der Waals surface area contributed by atoms with Crippen molar-refractivity contribution in [3.8, 4) is 0 Å². The summed E-state index contributed by atoms with van der Waals surface area (Å²) < 4.78 is 4.12. The summed E-state index contributed by atoms with van der Waals surface area (Å²) >= 11 is 0. The van der Waals surface area contributed by atoms with E-state index in [1.807, 2.05) is 0 Å². The Balaban J connectivity index is 4.19. The van der Waals surface area contributed by atoms with Crippen molar-refractivity contribution in [2.24, 2.45) is 5.73 Å². The number of carbonyl (C=O) groups is 2. The Bertz CT molecular complexity index is 184. The van der Waals surface area contributed by atoms with E-state index in [9.17, 15) is 9.59 Å². The van der Waals surface area contributed by atoms with Crippen molar-refractivity contribution in [2.45, 2.75) is 0 Å². The first kappa shape index (κ1) is 8.48. The van der Waals surface area contributed by atoms with Crippen LogP contribution >= 0.6 is 0 Å². The summed E-state index contributed by atoms with van der Waals surface area (Å²) in [6.45, 7) is 0. The molecular weight excluding hydrogens is 138 g/mol. The first-order valence-electron chi connectivity index (χ1n) is 2.36. The molecule has 0 unspecified atom stereocenters. The van der Waals surface area contributed by atoms with E-state index >= 15 is 0 Å². The van der Waals surface area contributed by atoms with Crippen LogP contribution < -0.4 is 5.73 Å². The maximum atomic E-state index is 10.4. The Morgan fingerprint density at radius 3 is 2.40 bits per heavy atom. The Kier molecular flexibility index (Phi) is 2.96. The summed E-state index contributed by atoms with van der Waals surface area (Å²) in [5, 5.41) is 8.06. The second-order valence-corrected chi connectivity index (χ2v) is 1.43. The maximum absolute atomic E-state index is 10.4. The number of hydrogen-bond donors (Lipinski definition) is 2. The fourth-order valence-electron chi connectivity index (χ4n) is 0.310. The van der Waals surface area contributed by atoms with Crippen LogP contribution in [0, 0.1) is 0 Å². The van der Waals surface area contributed by atoms with Crippen molar-refractivity contribution >= 4 is 11.9 Å². The molecule has 10 heavy (non-hydrogen) atoms. The quantitative estimate of drug-likeness (QED) is 0.387. The molecular formula is C5H7NO4. The molecule has 0 aromatic carbocycles. The number of carboxylic acid groups (broad SMARTS) is 1. The number of carboxylic acids is 1. The molecule has 0 aliphatic carbocycles. The number of carbonyl (C=O) groups excluding carboxylic acids is 1. The van der Waals surface area contributed by atoms with Gasteiger partial charge in [0.25, 0.3) is 0 Å². The second-order valence-electron chi connectivity index (χ2n) is 1.43. The van der Waals surface area contributed by atoms with Gasteiger partial charge in [-0.3, -0.25) is 0 Å².